The van der Waals surface area contributed by atoms with Crippen LogP contribution in [0, 0.1) is 12.3 Å². The first-order chi connectivity index (χ1) is 8.53. The maximum atomic E-state index is 12.6. The van der Waals surface area contributed by atoms with Crippen LogP contribution in [0.5, 0.6) is 0 Å². The van der Waals surface area contributed by atoms with E-state index in [0.29, 0.717) is 0 Å². The Bertz CT molecular complexity index is 419. The molecule has 0 radical (unpaired) electrons. The van der Waals surface area contributed by atoms with Crippen LogP contribution in [0.1, 0.15) is 25.3 Å². The molecule has 0 bridgehead atoms. The summed E-state index contributed by atoms with van der Waals surface area (Å²) < 4.78 is 0. The van der Waals surface area contributed by atoms with E-state index in [0.717, 1.165) is 31.6 Å². The van der Waals surface area contributed by atoms with Gasteiger partial charge in [-0.1, -0.05) is 17.7 Å². The summed E-state index contributed by atoms with van der Waals surface area (Å²) in [5.41, 5.74) is 1.92. The van der Waals surface area contributed by atoms with Gasteiger partial charge in [-0.25, -0.2) is 0 Å². The molecule has 0 spiro atoms. The van der Waals surface area contributed by atoms with Crippen molar-refractivity contribution in [2.45, 2.75) is 26.7 Å². The minimum Gasteiger partial charge on any atom is -0.316 e. The number of rotatable bonds is 2. The topological polar surface area (TPSA) is 32.3 Å². The molecule has 3 heteroatoms. The predicted octanol–water partition coefficient (Wildman–Crippen LogP) is 2.35. The second-order valence-corrected chi connectivity index (χ2v) is 5.54. The van der Waals surface area contributed by atoms with Gasteiger partial charge in [-0.2, -0.15) is 0 Å². The third-order valence-electron chi connectivity index (χ3n) is 3.84. The van der Waals surface area contributed by atoms with Gasteiger partial charge in [-0.05, 0) is 45.4 Å². The number of amides is 1. The first-order valence-electron chi connectivity index (χ1n) is 6.58. The molecule has 1 aliphatic rings. The first kappa shape index (κ1) is 13.1. The fourth-order valence-corrected chi connectivity index (χ4v) is 2.53. The van der Waals surface area contributed by atoms with Gasteiger partial charge in [0.2, 0.25) is 5.91 Å². The number of hydrogen-bond donors (Lipinski definition) is 1. The van der Waals surface area contributed by atoms with E-state index >= 15 is 0 Å². The molecular formula is C15H22N2O. The number of aryl methyl sites for hydroxylation is 1. The van der Waals surface area contributed by atoms with E-state index in [2.05, 4.69) is 19.2 Å². The molecule has 1 atom stereocenters. The molecule has 1 aliphatic heterocycles. The molecule has 1 aromatic carbocycles. The Labute approximate surface area is 109 Å². The van der Waals surface area contributed by atoms with Crippen molar-refractivity contribution in [3.8, 4) is 0 Å². The summed E-state index contributed by atoms with van der Waals surface area (Å²) in [5.74, 6) is 0.207. The van der Waals surface area contributed by atoms with Gasteiger partial charge >= 0.3 is 0 Å². The number of nitrogens with zero attached hydrogens (tertiary/aromatic N) is 1. The van der Waals surface area contributed by atoms with Crippen molar-refractivity contribution in [3.63, 3.8) is 0 Å². The number of anilines is 1. The Morgan fingerprint density at radius 3 is 2.56 bits per heavy atom. The molecule has 18 heavy (non-hydrogen) atoms. The summed E-state index contributed by atoms with van der Waals surface area (Å²) in [6.45, 7) is 5.92. The molecule has 1 aromatic rings. The molecule has 0 saturated carbocycles. The van der Waals surface area contributed by atoms with Gasteiger partial charge in [-0.15, -0.1) is 0 Å². The summed E-state index contributed by atoms with van der Waals surface area (Å²) in [5, 5.41) is 3.32. The van der Waals surface area contributed by atoms with Crippen LogP contribution < -0.4 is 10.2 Å². The zero-order chi connectivity index (χ0) is 13.2. The number of carbonyl (C=O) groups is 1. The van der Waals surface area contributed by atoms with Crippen molar-refractivity contribution in [1.82, 2.24) is 5.32 Å². The van der Waals surface area contributed by atoms with Crippen LogP contribution in [0.4, 0.5) is 5.69 Å². The molecule has 1 N–H and O–H groups in total. The minimum atomic E-state index is -0.266. The largest absolute Gasteiger partial charge is 0.316 e. The summed E-state index contributed by atoms with van der Waals surface area (Å²) in [4.78, 5) is 14.4. The van der Waals surface area contributed by atoms with Crippen LogP contribution in [-0.4, -0.2) is 26.0 Å². The van der Waals surface area contributed by atoms with Crippen molar-refractivity contribution in [2.24, 2.45) is 5.41 Å². The van der Waals surface area contributed by atoms with Crippen LogP contribution in [0.15, 0.2) is 24.3 Å². The zero-order valence-corrected chi connectivity index (χ0v) is 11.5. The molecule has 0 aliphatic carbocycles. The normalized spacial score (nSPS) is 23.7. The van der Waals surface area contributed by atoms with E-state index in [9.17, 15) is 4.79 Å². The Kier molecular flexibility index (Phi) is 3.71. The van der Waals surface area contributed by atoms with Crippen LogP contribution in [-0.2, 0) is 4.79 Å². The van der Waals surface area contributed by atoms with E-state index in [4.69, 9.17) is 0 Å². The fraction of sp³-hybridized carbons (Fsp3) is 0.533. The zero-order valence-electron chi connectivity index (χ0n) is 11.5. The smallest absolute Gasteiger partial charge is 0.233 e. The van der Waals surface area contributed by atoms with Gasteiger partial charge in [0.15, 0.2) is 0 Å². The molecule has 1 fully saturated rings. The summed E-state index contributed by atoms with van der Waals surface area (Å²) in [6, 6.07) is 8.10. The van der Waals surface area contributed by atoms with Gasteiger partial charge in [0.05, 0.1) is 5.41 Å². The molecule has 1 amide bonds. The number of piperidine rings is 1. The Morgan fingerprint density at radius 2 is 2.00 bits per heavy atom. The minimum absolute atomic E-state index is 0.207. The van der Waals surface area contributed by atoms with Gasteiger partial charge in [0.25, 0.3) is 0 Å². The van der Waals surface area contributed by atoms with Crippen molar-refractivity contribution < 1.29 is 4.79 Å². The highest BCUT2D eigenvalue weighted by atomic mass is 16.2. The summed E-state index contributed by atoms with van der Waals surface area (Å²) >= 11 is 0. The van der Waals surface area contributed by atoms with E-state index in [1.165, 1.54) is 5.56 Å². The first-order valence-corrected chi connectivity index (χ1v) is 6.58. The lowest BCUT2D eigenvalue weighted by molar-refractivity contribution is -0.128. The molecule has 1 unspecified atom stereocenters. The van der Waals surface area contributed by atoms with Crippen molar-refractivity contribution >= 4 is 11.6 Å². The van der Waals surface area contributed by atoms with Gasteiger partial charge in [-0.3, -0.25) is 4.79 Å². The Morgan fingerprint density at radius 1 is 1.33 bits per heavy atom. The maximum absolute atomic E-state index is 12.6. The Hall–Kier alpha value is -1.35. The molecular weight excluding hydrogens is 224 g/mol. The average molecular weight is 246 g/mol. The summed E-state index contributed by atoms with van der Waals surface area (Å²) in [6.07, 6.45) is 2.04. The van der Waals surface area contributed by atoms with E-state index in [1.807, 2.05) is 31.3 Å². The number of benzene rings is 1. The van der Waals surface area contributed by atoms with E-state index < -0.39 is 0 Å². The lowest BCUT2D eigenvalue weighted by Crippen LogP contribution is -2.49. The van der Waals surface area contributed by atoms with Crippen LogP contribution >= 0.6 is 0 Å². The van der Waals surface area contributed by atoms with Crippen molar-refractivity contribution in [1.29, 1.82) is 0 Å². The lowest BCUT2D eigenvalue weighted by Gasteiger charge is -2.36. The van der Waals surface area contributed by atoms with E-state index in [1.54, 1.807) is 4.90 Å². The van der Waals surface area contributed by atoms with Crippen LogP contribution in [0.3, 0.4) is 0 Å². The summed E-state index contributed by atoms with van der Waals surface area (Å²) in [7, 11) is 1.87. The average Bonchev–Trinajstić information content (AvgIpc) is 2.39. The monoisotopic (exact) mass is 246 g/mol. The second kappa shape index (κ2) is 5.11. The second-order valence-electron chi connectivity index (χ2n) is 5.54. The lowest BCUT2D eigenvalue weighted by atomic mass is 9.81. The van der Waals surface area contributed by atoms with E-state index in [-0.39, 0.29) is 11.3 Å². The van der Waals surface area contributed by atoms with Crippen LogP contribution in [0.25, 0.3) is 0 Å². The third-order valence-corrected chi connectivity index (χ3v) is 3.84. The number of nitrogens with one attached hydrogen (secondary N) is 1. The fourth-order valence-electron chi connectivity index (χ4n) is 2.53. The molecule has 3 nitrogen and oxygen atoms in total. The standard InChI is InChI=1S/C15H22N2O/c1-12-5-7-13(8-6-12)17(3)14(18)15(2)9-4-10-16-11-15/h5-8,16H,4,9-11H2,1-3H3. The molecule has 0 aromatic heterocycles. The van der Waals surface area contributed by atoms with Crippen molar-refractivity contribution in [2.75, 3.05) is 25.0 Å². The molecule has 2 rings (SSSR count). The third kappa shape index (κ3) is 2.56. The molecule has 1 heterocycles. The highest BCUT2D eigenvalue weighted by Gasteiger charge is 2.36. The van der Waals surface area contributed by atoms with Gasteiger partial charge < -0.3 is 10.2 Å². The maximum Gasteiger partial charge on any atom is 0.233 e. The molecule has 1 saturated heterocycles. The molecule has 98 valence electrons. The van der Waals surface area contributed by atoms with Crippen LogP contribution in [0.2, 0.25) is 0 Å². The highest BCUT2D eigenvalue weighted by molar-refractivity contribution is 5.97. The SMILES string of the molecule is Cc1ccc(N(C)C(=O)C2(C)CCCNC2)cc1. The van der Waals surface area contributed by atoms with Crippen molar-refractivity contribution in [3.05, 3.63) is 29.8 Å². The number of hydrogen-bond acceptors (Lipinski definition) is 2. The van der Waals surface area contributed by atoms with Gasteiger partial charge in [0.1, 0.15) is 0 Å². The van der Waals surface area contributed by atoms with Gasteiger partial charge in [0, 0.05) is 19.3 Å². The highest BCUT2D eigenvalue weighted by Crippen LogP contribution is 2.29. The Balaban J connectivity index is 2.15. The number of carbonyl (C=O) groups excluding carboxylic acids is 1. The quantitative estimate of drug-likeness (QED) is 0.868. The predicted molar refractivity (Wildman–Crippen MR) is 74.8 cm³/mol.